The van der Waals surface area contributed by atoms with E-state index in [0.29, 0.717) is 11.1 Å². The molecule has 0 bridgehead atoms. The minimum atomic E-state index is -0.377. The monoisotopic (exact) mass is 273 g/mol. The predicted octanol–water partition coefficient (Wildman–Crippen LogP) is 5.03. The molecule has 0 heterocycles. The van der Waals surface area contributed by atoms with Crippen molar-refractivity contribution in [1.29, 1.82) is 5.26 Å². The quantitative estimate of drug-likeness (QED) is 0.642. The molecule has 0 aliphatic heterocycles. The van der Waals surface area contributed by atoms with Gasteiger partial charge in [0.15, 0.2) is 0 Å². The van der Waals surface area contributed by atoms with Crippen molar-refractivity contribution in [2.75, 3.05) is 0 Å². The van der Waals surface area contributed by atoms with Crippen LogP contribution in [0.2, 0.25) is 0 Å². The highest BCUT2D eigenvalue weighted by Gasteiger charge is 2.14. The lowest BCUT2D eigenvalue weighted by Crippen LogP contribution is -1.92. The van der Waals surface area contributed by atoms with Gasteiger partial charge in [0, 0.05) is 5.56 Å². The van der Waals surface area contributed by atoms with Gasteiger partial charge in [-0.05, 0) is 28.8 Å². The minimum Gasteiger partial charge on any atom is -0.206 e. The standard InChI is InChI=1S/C19H12FN/c20-18-12-6-9-15(13-21)19(18)17-11-5-4-10-16(17)14-7-2-1-3-8-14/h1-12H. The molecule has 0 N–H and O–H groups in total. The van der Waals surface area contributed by atoms with Crippen LogP contribution in [0.25, 0.3) is 22.3 Å². The molecule has 3 aromatic rings. The molecule has 3 rings (SSSR count). The number of hydrogen-bond acceptors (Lipinski definition) is 1. The highest BCUT2D eigenvalue weighted by Crippen LogP contribution is 2.35. The Bertz CT molecular complexity index is 816. The highest BCUT2D eigenvalue weighted by atomic mass is 19.1. The van der Waals surface area contributed by atoms with E-state index in [1.165, 1.54) is 6.07 Å². The SMILES string of the molecule is N#Cc1cccc(F)c1-c1ccccc1-c1ccccc1. The van der Waals surface area contributed by atoms with Gasteiger partial charge >= 0.3 is 0 Å². The van der Waals surface area contributed by atoms with Crippen LogP contribution in [0.5, 0.6) is 0 Å². The number of benzene rings is 3. The van der Waals surface area contributed by atoms with Crippen LogP contribution in [-0.4, -0.2) is 0 Å². The zero-order valence-electron chi connectivity index (χ0n) is 11.3. The third-order valence-electron chi connectivity index (χ3n) is 3.42. The molecule has 2 heteroatoms. The van der Waals surface area contributed by atoms with Gasteiger partial charge in [0.2, 0.25) is 0 Å². The summed E-state index contributed by atoms with van der Waals surface area (Å²) < 4.78 is 14.3. The summed E-state index contributed by atoms with van der Waals surface area (Å²) in [6, 6.07) is 24.0. The summed E-state index contributed by atoms with van der Waals surface area (Å²) in [5.74, 6) is -0.377. The second-order valence-corrected chi connectivity index (χ2v) is 4.69. The van der Waals surface area contributed by atoms with Gasteiger partial charge in [0.25, 0.3) is 0 Å². The molecule has 0 atom stereocenters. The number of nitriles is 1. The van der Waals surface area contributed by atoms with E-state index >= 15 is 0 Å². The van der Waals surface area contributed by atoms with Crippen molar-refractivity contribution in [2.45, 2.75) is 0 Å². The van der Waals surface area contributed by atoms with Gasteiger partial charge in [-0.2, -0.15) is 5.26 Å². The fourth-order valence-electron chi connectivity index (χ4n) is 2.46. The van der Waals surface area contributed by atoms with E-state index in [0.717, 1.165) is 16.7 Å². The van der Waals surface area contributed by atoms with E-state index in [2.05, 4.69) is 6.07 Å². The summed E-state index contributed by atoms with van der Waals surface area (Å²) in [7, 11) is 0. The minimum absolute atomic E-state index is 0.346. The van der Waals surface area contributed by atoms with Crippen LogP contribution in [0.3, 0.4) is 0 Å². The van der Waals surface area contributed by atoms with Crippen LogP contribution >= 0.6 is 0 Å². The average Bonchev–Trinajstić information content (AvgIpc) is 2.55. The molecule has 0 amide bonds. The Balaban J connectivity index is 2.29. The maximum absolute atomic E-state index is 14.3. The maximum Gasteiger partial charge on any atom is 0.132 e. The van der Waals surface area contributed by atoms with Crippen LogP contribution in [0.1, 0.15) is 5.56 Å². The fourth-order valence-corrected chi connectivity index (χ4v) is 2.46. The number of hydrogen-bond donors (Lipinski definition) is 0. The Morgan fingerprint density at radius 2 is 1.38 bits per heavy atom. The van der Waals surface area contributed by atoms with Crippen molar-refractivity contribution < 1.29 is 4.39 Å². The maximum atomic E-state index is 14.3. The van der Waals surface area contributed by atoms with Crippen LogP contribution in [0, 0.1) is 17.1 Å². The Hall–Kier alpha value is -2.92. The van der Waals surface area contributed by atoms with Gasteiger partial charge in [-0.1, -0.05) is 60.7 Å². The predicted molar refractivity (Wildman–Crippen MR) is 82.0 cm³/mol. The summed E-state index contributed by atoms with van der Waals surface area (Å²) in [5, 5.41) is 9.25. The third-order valence-corrected chi connectivity index (χ3v) is 3.42. The molecule has 0 radical (unpaired) electrons. The summed E-state index contributed by atoms with van der Waals surface area (Å²) >= 11 is 0. The smallest absolute Gasteiger partial charge is 0.132 e. The normalized spacial score (nSPS) is 10.1. The van der Waals surface area contributed by atoms with Gasteiger partial charge in [-0.3, -0.25) is 0 Å². The first-order chi connectivity index (χ1) is 10.3. The Morgan fingerprint density at radius 1 is 0.714 bits per heavy atom. The van der Waals surface area contributed by atoms with Crippen molar-refractivity contribution in [3.63, 3.8) is 0 Å². The lowest BCUT2D eigenvalue weighted by atomic mass is 9.92. The number of halogens is 1. The van der Waals surface area contributed by atoms with Crippen LogP contribution in [0.4, 0.5) is 4.39 Å². The number of rotatable bonds is 2. The highest BCUT2D eigenvalue weighted by molar-refractivity contribution is 5.86. The molecule has 1 nitrogen and oxygen atoms in total. The first-order valence-corrected chi connectivity index (χ1v) is 6.64. The average molecular weight is 273 g/mol. The largest absolute Gasteiger partial charge is 0.206 e. The summed E-state index contributed by atoms with van der Waals surface area (Å²) in [6.07, 6.45) is 0. The van der Waals surface area contributed by atoms with E-state index < -0.39 is 0 Å². The van der Waals surface area contributed by atoms with Gasteiger partial charge in [0.1, 0.15) is 5.82 Å². The van der Waals surface area contributed by atoms with Gasteiger partial charge in [-0.15, -0.1) is 0 Å². The molecular weight excluding hydrogens is 261 g/mol. The van der Waals surface area contributed by atoms with Crippen LogP contribution < -0.4 is 0 Å². The summed E-state index contributed by atoms with van der Waals surface area (Å²) in [6.45, 7) is 0. The molecular formula is C19H12FN. The summed E-state index contributed by atoms with van der Waals surface area (Å²) in [5.41, 5.74) is 3.36. The summed E-state index contributed by atoms with van der Waals surface area (Å²) in [4.78, 5) is 0. The molecule has 3 aromatic carbocycles. The molecule has 21 heavy (non-hydrogen) atoms. The molecule has 0 fully saturated rings. The Kier molecular flexibility index (Phi) is 3.49. The third kappa shape index (κ3) is 2.42. The van der Waals surface area contributed by atoms with Crippen molar-refractivity contribution in [1.82, 2.24) is 0 Å². The molecule has 0 aromatic heterocycles. The molecule has 0 aliphatic carbocycles. The van der Waals surface area contributed by atoms with E-state index in [9.17, 15) is 9.65 Å². The van der Waals surface area contributed by atoms with Crippen molar-refractivity contribution in [3.8, 4) is 28.3 Å². The zero-order chi connectivity index (χ0) is 14.7. The van der Waals surface area contributed by atoms with E-state index in [4.69, 9.17) is 0 Å². The molecule has 100 valence electrons. The van der Waals surface area contributed by atoms with Gasteiger partial charge in [-0.25, -0.2) is 4.39 Å². The lowest BCUT2D eigenvalue weighted by molar-refractivity contribution is 0.631. The first-order valence-electron chi connectivity index (χ1n) is 6.64. The van der Waals surface area contributed by atoms with Crippen molar-refractivity contribution >= 4 is 0 Å². The molecule has 0 saturated heterocycles. The zero-order valence-corrected chi connectivity index (χ0v) is 11.3. The van der Waals surface area contributed by atoms with Crippen molar-refractivity contribution in [3.05, 3.63) is 84.2 Å². The molecule has 0 aliphatic rings. The van der Waals surface area contributed by atoms with E-state index in [1.807, 2.05) is 54.6 Å². The second-order valence-electron chi connectivity index (χ2n) is 4.69. The van der Waals surface area contributed by atoms with E-state index in [1.54, 1.807) is 12.1 Å². The van der Waals surface area contributed by atoms with Crippen LogP contribution in [0.15, 0.2) is 72.8 Å². The van der Waals surface area contributed by atoms with E-state index in [-0.39, 0.29) is 5.82 Å². The van der Waals surface area contributed by atoms with Gasteiger partial charge in [0.05, 0.1) is 11.6 Å². The topological polar surface area (TPSA) is 23.8 Å². The number of nitrogens with zero attached hydrogens (tertiary/aromatic N) is 1. The van der Waals surface area contributed by atoms with Crippen molar-refractivity contribution in [2.24, 2.45) is 0 Å². The molecule has 0 unspecified atom stereocenters. The first kappa shape index (κ1) is 13.1. The molecule has 0 spiro atoms. The molecule has 0 saturated carbocycles. The lowest BCUT2D eigenvalue weighted by Gasteiger charge is -2.12. The van der Waals surface area contributed by atoms with Crippen LogP contribution in [-0.2, 0) is 0 Å². The fraction of sp³-hybridized carbons (Fsp3) is 0. The Morgan fingerprint density at radius 3 is 2.10 bits per heavy atom. The Labute approximate surface area is 122 Å². The van der Waals surface area contributed by atoms with Gasteiger partial charge < -0.3 is 0 Å². The second kappa shape index (κ2) is 5.60.